The number of aromatic nitrogens is 2. The van der Waals surface area contributed by atoms with Crippen LogP contribution >= 0.6 is 11.3 Å². The molecule has 120 valence electrons. The number of nitrogens with one attached hydrogen (secondary N) is 2. The molecule has 0 aliphatic carbocycles. The van der Waals surface area contributed by atoms with Gasteiger partial charge in [-0.2, -0.15) is 10.4 Å². The molecule has 2 N–H and O–H groups in total. The van der Waals surface area contributed by atoms with Gasteiger partial charge in [0.15, 0.2) is 5.82 Å². The number of nitriles is 1. The molecule has 3 rings (SSSR count). The molecule has 0 fully saturated rings. The Kier molecular flexibility index (Phi) is 4.32. The number of fused-ring (bicyclic) bond motifs is 1. The van der Waals surface area contributed by atoms with E-state index in [0.717, 1.165) is 11.3 Å². The Labute approximate surface area is 137 Å². The predicted octanol–water partition coefficient (Wildman–Crippen LogP) is 1.81. The smallest absolute Gasteiger partial charge is 0.241 e. The minimum Gasteiger partial charge on any atom is -0.372 e. The van der Waals surface area contributed by atoms with Crippen molar-refractivity contribution >= 4 is 23.1 Å². The summed E-state index contributed by atoms with van der Waals surface area (Å²) in [4.78, 5) is 13.3. The van der Waals surface area contributed by atoms with Crippen molar-refractivity contribution in [1.82, 2.24) is 15.2 Å². The van der Waals surface area contributed by atoms with Crippen LogP contribution < -0.4 is 10.9 Å². The van der Waals surface area contributed by atoms with Gasteiger partial charge in [-0.25, -0.2) is 0 Å². The zero-order valence-electron chi connectivity index (χ0n) is 12.9. The zero-order valence-corrected chi connectivity index (χ0v) is 13.7. The van der Waals surface area contributed by atoms with Crippen LogP contribution in [-0.4, -0.2) is 22.3 Å². The van der Waals surface area contributed by atoms with Crippen molar-refractivity contribution < 1.29 is 9.53 Å². The molecular formula is C15H17N5O2S. The number of amides is 1. The van der Waals surface area contributed by atoms with Crippen molar-refractivity contribution in [2.24, 2.45) is 7.05 Å². The van der Waals surface area contributed by atoms with Gasteiger partial charge in [0.1, 0.15) is 17.7 Å². The first-order chi connectivity index (χ1) is 11.1. The van der Waals surface area contributed by atoms with Crippen molar-refractivity contribution in [1.29, 1.82) is 5.26 Å². The fraction of sp³-hybridized carbons (Fsp3) is 0.400. The number of carbonyl (C=O) groups is 1. The van der Waals surface area contributed by atoms with E-state index in [9.17, 15) is 4.79 Å². The highest BCUT2D eigenvalue weighted by Gasteiger charge is 2.25. The largest absolute Gasteiger partial charge is 0.372 e. The third kappa shape index (κ3) is 3.06. The number of hydrogen-bond donors (Lipinski definition) is 2. The van der Waals surface area contributed by atoms with Gasteiger partial charge in [-0.05, 0) is 30.4 Å². The van der Waals surface area contributed by atoms with Crippen molar-refractivity contribution in [2.75, 3.05) is 12.0 Å². The number of thiophene rings is 1. The maximum atomic E-state index is 12.2. The van der Waals surface area contributed by atoms with Crippen molar-refractivity contribution in [2.45, 2.75) is 25.9 Å². The summed E-state index contributed by atoms with van der Waals surface area (Å²) in [5, 5.41) is 15.3. The van der Waals surface area contributed by atoms with Gasteiger partial charge in [0.25, 0.3) is 0 Å². The fourth-order valence-electron chi connectivity index (χ4n) is 2.66. The molecule has 23 heavy (non-hydrogen) atoms. The first kappa shape index (κ1) is 15.5. The number of carbonyl (C=O) groups excluding carboxylic acids is 1. The van der Waals surface area contributed by atoms with Crippen LogP contribution in [0.3, 0.4) is 0 Å². The molecule has 0 spiro atoms. The molecule has 8 heteroatoms. The molecule has 1 atom stereocenters. The van der Waals surface area contributed by atoms with Crippen molar-refractivity contribution in [3.05, 3.63) is 33.1 Å². The lowest BCUT2D eigenvalue weighted by Gasteiger charge is -2.22. The molecule has 0 saturated heterocycles. The fourth-order valence-corrected chi connectivity index (χ4v) is 3.66. The summed E-state index contributed by atoms with van der Waals surface area (Å²) in [6.45, 7) is 2.38. The Hall–Kier alpha value is -2.37. The zero-order chi connectivity index (χ0) is 16.4. The van der Waals surface area contributed by atoms with Gasteiger partial charge in [0.05, 0.1) is 18.7 Å². The monoisotopic (exact) mass is 331 g/mol. The third-order valence-electron chi connectivity index (χ3n) is 3.79. The molecule has 1 amide bonds. The minimum absolute atomic E-state index is 0.195. The number of anilines is 1. The van der Waals surface area contributed by atoms with Crippen LogP contribution in [0.15, 0.2) is 11.4 Å². The average Bonchev–Trinajstić information content (AvgIpc) is 3.10. The third-order valence-corrected chi connectivity index (χ3v) is 4.84. The highest BCUT2D eigenvalue weighted by molar-refractivity contribution is 7.10. The lowest BCUT2D eigenvalue weighted by Crippen LogP contribution is -2.32. The topological polar surface area (TPSA) is 92.0 Å². The summed E-state index contributed by atoms with van der Waals surface area (Å²) in [6.07, 6.45) is 0.929. The first-order valence-corrected chi connectivity index (χ1v) is 8.14. The van der Waals surface area contributed by atoms with E-state index < -0.39 is 0 Å². The maximum absolute atomic E-state index is 12.2. The van der Waals surface area contributed by atoms with Crippen LogP contribution in [-0.2, 0) is 23.0 Å². The Bertz CT molecular complexity index is 773. The van der Waals surface area contributed by atoms with E-state index >= 15 is 0 Å². The second-order valence-corrected chi connectivity index (χ2v) is 6.29. The number of rotatable bonds is 4. The van der Waals surface area contributed by atoms with Crippen LogP contribution in [0.4, 0.5) is 5.82 Å². The van der Waals surface area contributed by atoms with Gasteiger partial charge in [-0.1, -0.05) is 0 Å². The van der Waals surface area contributed by atoms with Gasteiger partial charge in [0, 0.05) is 11.9 Å². The van der Waals surface area contributed by atoms with E-state index in [0.29, 0.717) is 23.7 Å². The predicted molar refractivity (Wildman–Crippen MR) is 85.8 cm³/mol. The van der Waals surface area contributed by atoms with Crippen molar-refractivity contribution in [3.63, 3.8) is 0 Å². The summed E-state index contributed by atoms with van der Waals surface area (Å²) >= 11 is 1.62. The molecule has 1 aliphatic heterocycles. The molecule has 2 aromatic rings. The lowest BCUT2D eigenvalue weighted by atomic mass is 10.1. The van der Waals surface area contributed by atoms with Gasteiger partial charge in [-0.15, -0.1) is 11.3 Å². The highest BCUT2D eigenvalue weighted by atomic mass is 32.1. The quantitative estimate of drug-likeness (QED) is 0.834. The minimum atomic E-state index is -0.204. The van der Waals surface area contributed by atoms with E-state index in [-0.39, 0.29) is 18.4 Å². The second kappa shape index (κ2) is 6.40. The molecule has 2 aromatic heterocycles. The van der Waals surface area contributed by atoms with Crippen LogP contribution in [0.1, 0.15) is 34.2 Å². The molecular weight excluding hydrogens is 314 g/mol. The summed E-state index contributed by atoms with van der Waals surface area (Å²) in [5.74, 6) is 0.277. The molecule has 0 saturated carbocycles. The van der Waals surface area contributed by atoms with E-state index in [1.165, 1.54) is 10.2 Å². The first-order valence-electron chi connectivity index (χ1n) is 7.26. The Balaban J connectivity index is 1.63. The van der Waals surface area contributed by atoms with Crippen molar-refractivity contribution in [3.8, 4) is 6.07 Å². The number of hydrazine groups is 1. The maximum Gasteiger partial charge on any atom is 0.241 e. The van der Waals surface area contributed by atoms with Crippen LogP contribution in [0.25, 0.3) is 0 Å². The van der Waals surface area contributed by atoms with E-state index in [1.807, 2.05) is 5.38 Å². The summed E-state index contributed by atoms with van der Waals surface area (Å²) < 4.78 is 7.24. The molecule has 1 unspecified atom stereocenters. The second-order valence-electron chi connectivity index (χ2n) is 5.34. The van der Waals surface area contributed by atoms with E-state index in [1.54, 1.807) is 25.3 Å². The lowest BCUT2D eigenvalue weighted by molar-refractivity contribution is -0.123. The number of hydrogen-bond acceptors (Lipinski definition) is 6. The molecule has 1 aliphatic rings. The standard InChI is InChI=1S/C15H17N5O2S/c1-9-11(8-16)15(20(2)19-9)18-17-13(21)7-12-14-10(3-5-22-12)4-6-23-14/h4,6,12,18H,3,5,7H2,1-2H3,(H,17,21). The molecule has 0 bridgehead atoms. The number of ether oxygens (including phenoxy) is 1. The highest BCUT2D eigenvalue weighted by Crippen LogP contribution is 2.33. The normalized spacial score (nSPS) is 16.5. The van der Waals surface area contributed by atoms with Gasteiger partial charge in [-0.3, -0.25) is 20.3 Å². The van der Waals surface area contributed by atoms with Crippen LogP contribution in [0.2, 0.25) is 0 Å². The van der Waals surface area contributed by atoms with Gasteiger partial charge in [0.2, 0.25) is 5.91 Å². The molecule has 3 heterocycles. The molecule has 7 nitrogen and oxygen atoms in total. The summed E-state index contributed by atoms with van der Waals surface area (Å²) in [7, 11) is 1.71. The Morgan fingerprint density at radius 2 is 2.48 bits per heavy atom. The number of aryl methyl sites for hydroxylation is 2. The summed E-state index contributed by atoms with van der Waals surface area (Å²) in [5.41, 5.74) is 7.71. The van der Waals surface area contributed by atoms with Gasteiger partial charge >= 0.3 is 0 Å². The van der Waals surface area contributed by atoms with E-state index in [4.69, 9.17) is 10.00 Å². The Morgan fingerprint density at radius 1 is 1.65 bits per heavy atom. The average molecular weight is 331 g/mol. The number of nitrogens with zero attached hydrogens (tertiary/aromatic N) is 3. The molecule has 0 radical (unpaired) electrons. The van der Waals surface area contributed by atoms with Gasteiger partial charge < -0.3 is 4.74 Å². The van der Waals surface area contributed by atoms with E-state index in [2.05, 4.69) is 28.1 Å². The Morgan fingerprint density at radius 3 is 3.26 bits per heavy atom. The summed E-state index contributed by atoms with van der Waals surface area (Å²) in [6, 6.07) is 4.17. The SMILES string of the molecule is Cc1nn(C)c(NNC(=O)CC2OCCc3ccsc32)c1C#N. The molecule has 0 aromatic carbocycles. The van der Waals surface area contributed by atoms with Crippen LogP contribution in [0, 0.1) is 18.3 Å². The van der Waals surface area contributed by atoms with Crippen LogP contribution in [0.5, 0.6) is 0 Å².